The van der Waals surface area contributed by atoms with Gasteiger partial charge in [-0.15, -0.1) is 11.3 Å². The van der Waals surface area contributed by atoms with Crippen LogP contribution in [0.15, 0.2) is 48.1 Å². The SMILES string of the molecule is O=C(/C=C/N1C=C(NC(=O)Nc2c(Cl)cccc2Cl)c2ccsc2C1)NCCN1CCCCC1. The number of nitrogens with zero attached hydrogens (tertiary/aromatic N) is 2. The van der Waals surface area contributed by atoms with Crippen molar-refractivity contribution >= 4 is 57.9 Å². The minimum absolute atomic E-state index is 0.136. The lowest BCUT2D eigenvalue weighted by atomic mass is 10.1. The van der Waals surface area contributed by atoms with Crippen molar-refractivity contribution in [2.45, 2.75) is 25.8 Å². The number of urea groups is 1. The minimum atomic E-state index is -0.459. The van der Waals surface area contributed by atoms with Gasteiger partial charge >= 0.3 is 6.03 Å². The summed E-state index contributed by atoms with van der Waals surface area (Å²) in [6, 6.07) is 6.53. The zero-order valence-electron chi connectivity index (χ0n) is 18.7. The van der Waals surface area contributed by atoms with Crippen LogP contribution in [0.1, 0.15) is 29.7 Å². The monoisotopic (exact) mass is 519 g/mol. The normalized spacial score (nSPS) is 16.2. The van der Waals surface area contributed by atoms with Crippen LogP contribution in [0.3, 0.4) is 0 Å². The summed E-state index contributed by atoms with van der Waals surface area (Å²) < 4.78 is 0. The summed E-state index contributed by atoms with van der Waals surface area (Å²) in [4.78, 5) is 30.3. The summed E-state index contributed by atoms with van der Waals surface area (Å²) in [5.74, 6) is -0.136. The van der Waals surface area contributed by atoms with Gasteiger partial charge in [0.25, 0.3) is 0 Å². The molecule has 0 aliphatic carbocycles. The number of hydrogen-bond acceptors (Lipinski definition) is 5. The quantitative estimate of drug-likeness (QED) is 0.444. The maximum absolute atomic E-state index is 12.7. The van der Waals surface area contributed by atoms with Crippen LogP contribution >= 0.6 is 34.5 Å². The number of benzene rings is 1. The van der Waals surface area contributed by atoms with E-state index in [1.54, 1.807) is 41.9 Å². The molecule has 3 heterocycles. The largest absolute Gasteiger partial charge is 0.351 e. The molecule has 0 unspecified atom stereocenters. The van der Waals surface area contributed by atoms with Crippen molar-refractivity contribution in [2.24, 2.45) is 0 Å². The maximum Gasteiger partial charge on any atom is 0.323 e. The fourth-order valence-electron chi connectivity index (χ4n) is 3.97. The van der Waals surface area contributed by atoms with Crippen LogP contribution in [0, 0.1) is 0 Å². The van der Waals surface area contributed by atoms with Crippen molar-refractivity contribution in [2.75, 3.05) is 31.5 Å². The summed E-state index contributed by atoms with van der Waals surface area (Å²) in [5, 5.41) is 11.2. The van der Waals surface area contributed by atoms with Crippen molar-refractivity contribution in [3.8, 4) is 0 Å². The number of anilines is 1. The third-order valence-electron chi connectivity index (χ3n) is 5.70. The Labute approximate surface area is 213 Å². The van der Waals surface area contributed by atoms with Gasteiger partial charge < -0.3 is 25.8 Å². The highest BCUT2D eigenvalue weighted by molar-refractivity contribution is 7.10. The first-order valence-corrected chi connectivity index (χ1v) is 12.9. The van der Waals surface area contributed by atoms with Gasteiger partial charge in [-0.2, -0.15) is 0 Å². The van der Waals surface area contributed by atoms with Crippen LogP contribution in [-0.4, -0.2) is 47.9 Å². The number of rotatable bonds is 7. The molecule has 0 spiro atoms. The molecule has 2 aliphatic heterocycles. The van der Waals surface area contributed by atoms with Crippen molar-refractivity contribution in [3.63, 3.8) is 0 Å². The third-order valence-corrected chi connectivity index (χ3v) is 7.24. The van der Waals surface area contributed by atoms with Gasteiger partial charge in [-0.3, -0.25) is 4.79 Å². The van der Waals surface area contributed by atoms with Gasteiger partial charge in [-0.25, -0.2) is 4.79 Å². The van der Waals surface area contributed by atoms with Gasteiger partial charge in [0.1, 0.15) is 0 Å². The summed E-state index contributed by atoms with van der Waals surface area (Å²) in [6.07, 6.45) is 8.82. The molecule has 1 saturated heterocycles. The second-order valence-corrected chi connectivity index (χ2v) is 9.97. The van der Waals surface area contributed by atoms with Crippen LogP contribution in [-0.2, 0) is 11.3 Å². The highest BCUT2D eigenvalue weighted by atomic mass is 35.5. The van der Waals surface area contributed by atoms with E-state index in [4.69, 9.17) is 23.2 Å². The van der Waals surface area contributed by atoms with Crippen molar-refractivity contribution in [1.82, 2.24) is 20.4 Å². The van der Waals surface area contributed by atoms with E-state index >= 15 is 0 Å². The topological polar surface area (TPSA) is 76.7 Å². The van der Waals surface area contributed by atoms with E-state index < -0.39 is 6.03 Å². The van der Waals surface area contributed by atoms with Gasteiger partial charge in [0, 0.05) is 42.0 Å². The molecular weight excluding hydrogens is 493 g/mol. The third kappa shape index (κ3) is 6.54. The molecule has 3 amide bonds. The Kier molecular flexibility index (Phi) is 8.50. The number of piperidine rings is 1. The smallest absolute Gasteiger partial charge is 0.323 e. The highest BCUT2D eigenvalue weighted by Crippen LogP contribution is 2.31. The number of carbonyl (C=O) groups is 2. The Morgan fingerprint density at radius 3 is 2.59 bits per heavy atom. The first-order chi connectivity index (χ1) is 16.5. The number of carbonyl (C=O) groups excluding carboxylic acids is 2. The maximum atomic E-state index is 12.7. The molecule has 0 bridgehead atoms. The number of nitrogens with one attached hydrogen (secondary N) is 3. The molecule has 1 fully saturated rings. The van der Waals surface area contributed by atoms with Gasteiger partial charge in [0.15, 0.2) is 0 Å². The molecule has 0 saturated carbocycles. The van der Waals surface area contributed by atoms with Crippen LogP contribution in [0.2, 0.25) is 10.0 Å². The summed E-state index contributed by atoms with van der Waals surface area (Å²) in [7, 11) is 0. The van der Waals surface area contributed by atoms with Crippen LogP contribution in [0.25, 0.3) is 5.70 Å². The lowest BCUT2D eigenvalue weighted by Crippen LogP contribution is -2.37. The van der Waals surface area contributed by atoms with E-state index in [0.29, 0.717) is 34.5 Å². The lowest BCUT2D eigenvalue weighted by Gasteiger charge is -2.26. The molecule has 1 aromatic heterocycles. The molecule has 180 valence electrons. The Bertz CT molecular complexity index is 1070. The molecule has 0 atom stereocenters. The predicted octanol–water partition coefficient (Wildman–Crippen LogP) is 5.11. The van der Waals surface area contributed by atoms with Crippen LogP contribution in [0.4, 0.5) is 10.5 Å². The zero-order valence-corrected chi connectivity index (χ0v) is 21.0. The standard InChI is InChI=1S/C24H27Cl2N5O2S/c25-18-5-4-6-19(26)23(18)29-24(33)28-20-15-31(16-21-17(20)8-14-34-21)12-7-22(32)27-9-13-30-10-2-1-3-11-30/h4-8,12,14-15H,1-3,9-11,13,16H2,(H,27,32)(H2,28,29,33)/b12-7+. The first-order valence-electron chi connectivity index (χ1n) is 11.2. The number of likely N-dealkylation sites (tertiary alicyclic amines) is 1. The Morgan fingerprint density at radius 2 is 1.82 bits per heavy atom. The number of para-hydroxylation sites is 1. The fraction of sp³-hybridized carbons (Fsp3) is 0.333. The van der Waals surface area contributed by atoms with Gasteiger partial charge in [0.05, 0.1) is 28.0 Å². The summed E-state index contributed by atoms with van der Waals surface area (Å²) in [5.41, 5.74) is 1.92. The molecule has 4 rings (SSSR count). The molecule has 34 heavy (non-hydrogen) atoms. The van der Waals surface area contributed by atoms with E-state index in [9.17, 15) is 9.59 Å². The average Bonchev–Trinajstić information content (AvgIpc) is 3.30. The molecular formula is C24H27Cl2N5O2S. The van der Waals surface area contributed by atoms with E-state index in [2.05, 4.69) is 20.9 Å². The number of hydrogen-bond donors (Lipinski definition) is 3. The highest BCUT2D eigenvalue weighted by Gasteiger charge is 2.20. The molecule has 10 heteroatoms. The second kappa shape index (κ2) is 11.8. The number of fused-ring (bicyclic) bond motifs is 1. The second-order valence-electron chi connectivity index (χ2n) is 8.16. The Balaban J connectivity index is 1.35. The van der Waals surface area contributed by atoms with E-state index in [1.807, 2.05) is 16.3 Å². The number of amides is 3. The minimum Gasteiger partial charge on any atom is -0.351 e. The summed E-state index contributed by atoms with van der Waals surface area (Å²) in [6.45, 7) is 4.35. The first kappa shape index (κ1) is 24.6. The zero-order chi connectivity index (χ0) is 23.9. The molecule has 1 aromatic carbocycles. The number of halogens is 2. The predicted molar refractivity (Wildman–Crippen MR) is 139 cm³/mol. The van der Waals surface area contributed by atoms with E-state index in [1.165, 1.54) is 25.3 Å². The van der Waals surface area contributed by atoms with Gasteiger partial charge in [-0.1, -0.05) is 35.7 Å². The van der Waals surface area contributed by atoms with Gasteiger partial charge in [-0.05, 0) is 49.5 Å². The average molecular weight is 520 g/mol. The molecule has 0 radical (unpaired) electrons. The summed E-state index contributed by atoms with van der Waals surface area (Å²) >= 11 is 13.9. The number of thiophene rings is 1. The Morgan fingerprint density at radius 1 is 1.06 bits per heavy atom. The molecule has 7 nitrogen and oxygen atoms in total. The lowest BCUT2D eigenvalue weighted by molar-refractivity contribution is -0.116. The molecule has 3 N–H and O–H groups in total. The van der Waals surface area contributed by atoms with E-state index in [-0.39, 0.29) is 5.91 Å². The van der Waals surface area contributed by atoms with Crippen LogP contribution in [0.5, 0.6) is 0 Å². The van der Waals surface area contributed by atoms with Crippen molar-refractivity contribution in [1.29, 1.82) is 0 Å². The molecule has 2 aromatic rings. The fourth-order valence-corrected chi connectivity index (χ4v) is 5.36. The molecule has 2 aliphatic rings. The van der Waals surface area contributed by atoms with Crippen molar-refractivity contribution < 1.29 is 9.59 Å². The Hall–Kier alpha value is -2.52. The van der Waals surface area contributed by atoms with Crippen LogP contribution < -0.4 is 16.0 Å². The van der Waals surface area contributed by atoms with Gasteiger partial charge in [0.2, 0.25) is 5.91 Å². The van der Waals surface area contributed by atoms with Crippen molar-refractivity contribution in [3.05, 3.63) is 68.6 Å². The van der Waals surface area contributed by atoms with E-state index in [0.717, 1.165) is 30.1 Å².